The number of hydrogen-bond donors (Lipinski definition) is 0. The van der Waals surface area contributed by atoms with Crippen molar-refractivity contribution < 1.29 is 49.0 Å². The molecule has 0 spiro atoms. The van der Waals surface area contributed by atoms with Crippen LogP contribution in [-0.4, -0.2) is 3.21 Å². The van der Waals surface area contributed by atoms with E-state index in [2.05, 4.69) is 118 Å². The molecule has 3 heteroatoms. The topological polar surface area (TPSA) is 0 Å². The number of hydrogen-bond acceptors (Lipinski definition) is 0. The fraction of sp³-hybridized carbons (Fsp3) is 0.571. The molecular formula is C42H56Cl2Zr-2. The van der Waals surface area contributed by atoms with Crippen molar-refractivity contribution in [3.63, 3.8) is 0 Å². The van der Waals surface area contributed by atoms with Crippen molar-refractivity contribution in [1.82, 2.24) is 0 Å². The van der Waals surface area contributed by atoms with Crippen molar-refractivity contribution in [3.05, 3.63) is 87.5 Å². The first-order valence-electron chi connectivity index (χ1n) is 16.9. The summed E-state index contributed by atoms with van der Waals surface area (Å²) in [7, 11) is 0. The van der Waals surface area contributed by atoms with Crippen LogP contribution in [-0.2, 0) is 47.9 Å². The maximum atomic E-state index is 3.53. The number of aryl methyl sites for hydroxylation is 2. The van der Waals surface area contributed by atoms with E-state index in [1.54, 1.807) is 73.9 Å². The molecule has 4 fully saturated rings. The summed E-state index contributed by atoms with van der Waals surface area (Å²) in [6.45, 7) is 22.4. The molecule has 0 unspecified atom stereocenters. The first-order chi connectivity index (χ1) is 20.0. The van der Waals surface area contributed by atoms with Crippen molar-refractivity contribution in [3.8, 4) is 11.1 Å². The molecule has 3 aromatic rings. The Balaban J connectivity index is 0.000000213. The van der Waals surface area contributed by atoms with Gasteiger partial charge in [-0.05, 0) is 79.1 Å². The zero-order chi connectivity index (χ0) is 31.3. The first-order valence-corrected chi connectivity index (χ1v) is 18.2. The van der Waals surface area contributed by atoms with Crippen LogP contribution >= 0.6 is 0 Å². The van der Waals surface area contributed by atoms with E-state index >= 15 is 0 Å². The quantitative estimate of drug-likeness (QED) is 0.250. The predicted octanol–water partition coefficient (Wildman–Crippen LogP) is 5.19. The zero-order valence-corrected chi connectivity index (χ0v) is 33.7. The first kappa shape index (κ1) is 38.6. The smallest absolute Gasteiger partial charge is 0.0363 e. The molecule has 3 aromatic carbocycles. The Hall–Kier alpha value is -0.877. The fourth-order valence-corrected chi connectivity index (χ4v) is 8.95. The van der Waals surface area contributed by atoms with Gasteiger partial charge in [0.1, 0.15) is 0 Å². The van der Waals surface area contributed by atoms with Crippen LogP contribution in [0, 0.1) is 43.1 Å². The molecule has 0 radical (unpaired) electrons. The average Bonchev–Trinajstić information content (AvgIpc) is 3.39. The minimum atomic E-state index is 0. The second-order valence-electron chi connectivity index (χ2n) is 17.2. The van der Waals surface area contributed by atoms with E-state index in [4.69, 9.17) is 0 Å². The van der Waals surface area contributed by atoms with Gasteiger partial charge in [-0.25, -0.2) is 6.07 Å². The van der Waals surface area contributed by atoms with Gasteiger partial charge in [-0.1, -0.05) is 96.6 Å². The average molecular weight is 723 g/mol. The number of rotatable bonds is 2. The number of benzene rings is 2. The van der Waals surface area contributed by atoms with Gasteiger partial charge in [0.15, 0.2) is 0 Å². The van der Waals surface area contributed by atoms with E-state index < -0.39 is 0 Å². The van der Waals surface area contributed by atoms with E-state index in [1.165, 1.54) is 48.6 Å². The molecule has 0 aromatic heterocycles. The van der Waals surface area contributed by atoms with Gasteiger partial charge in [-0.15, -0.1) is 5.56 Å². The monoisotopic (exact) mass is 720 g/mol. The largest absolute Gasteiger partial charge is 1.00 e. The van der Waals surface area contributed by atoms with Crippen molar-refractivity contribution in [2.24, 2.45) is 23.2 Å². The molecule has 8 rings (SSSR count). The number of halogens is 2. The van der Waals surface area contributed by atoms with Crippen LogP contribution in [0.5, 0.6) is 0 Å². The second-order valence-corrected chi connectivity index (χ2v) is 19.6. The summed E-state index contributed by atoms with van der Waals surface area (Å²) < 4.78 is 1.51. The minimum Gasteiger partial charge on any atom is -1.00 e. The zero-order valence-electron chi connectivity index (χ0n) is 29.7. The van der Waals surface area contributed by atoms with Crippen LogP contribution in [0.3, 0.4) is 0 Å². The molecule has 5 aliphatic rings. The molecule has 244 valence electrons. The standard InChI is InChI=1S/C21H25.C18H25.C3H6.2ClH.Zr/c1-20(2,3)16-9-7-14-11-15-8-10-17(21(4,5)6)13-19(15)18(14)12-16;1-12-3-13(2)17(4-12)11-18-8-14-5-15(9-18)7-16(6-14)10-18;1-3-2;;;/h7,9-10,12-13H,11H2,1-6H3;3-4,14-16H,5-11H2,1-2H3;1-2H3;2*1H;/q2*-1;;;;+2/p-2. The molecule has 0 aliphatic heterocycles. The Bertz CT molecular complexity index is 1370. The Kier molecular flexibility index (Phi) is 12.6. The van der Waals surface area contributed by atoms with Crippen molar-refractivity contribution in [2.45, 2.75) is 131 Å². The molecule has 0 saturated heterocycles. The van der Waals surface area contributed by atoms with Crippen molar-refractivity contribution >= 4 is 3.21 Å². The molecule has 0 atom stereocenters. The van der Waals surface area contributed by atoms with E-state index in [0.717, 1.165) is 24.2 Å². The number of fused-ring (bicyclic) bond motifs is 3. The van der Waals surface area contributed by atoms with E-state index in [1.807, 2.05) is 0 Å². The summed E-state index contributed by atoms with van der Waals surface area (Å²) in [5, 5.41) is 0. The summed E-state index contributed by atoms with van der Waals surface area (Å²) in [6, 6.07) is 19.9. The molecule has 0 nitrogen and oxygen atoms in total. The summed E-state index contributed by atoms with van der Waals surface area (Å²) in [5.41, 5.74) is 14.1. The summed E-state index contributed by atoms with van der Waals surface area (Å²) in [6.07, 6.45) is 11.7. The summed E-state index contributed by atoms with van der Waals surface area (Å²) in [5.74, 6) is 3.27. The third-order valence-electron chi connectivity index (χ3n) is 10.6. The van der Waals surface area contributed by atoms with Gasteiger partial charge in [-0.3, -0.25) is 0 Å². The van der Waals surface area contributed by atoms with E-state index in [0.29, 0.717) is 5.41 Å². The third kappa shape index (κ3) is 9.18. The molecule has 0 N–H and O–H groups in total. The molecular weight excluding hydrogens is 667 g/mol. The van der Waals surface area contributed by atoms with E-state index in [-0.39, 0.29) is 35.6 Å². The van der Waals surface area contributed by atoms with Gasteiger partial charge < -0.3 is 24.8 Å². The second kappa shape index (κ2) is 14.7. The molecule has 4 saturated carbocycles. The Morgan fingerprint density at radius 2 is 1.33 bits per heavy atom. The van der Waals surface area contributed by atoms with Crippen molar-refractivity contribution in [1.29, 1.82) is 0 Å². The maximum absolute atomic E-state index is 3.53. The summed E-state index contributed by atoms with van der Waals surface area (Å²) >= 11 is 1.55. The van der Waals surface area contributed by atoms with Crippen LogP contribution in [0.4, 0.5) is 0 Å². The Morgan fingerprint density at radius 3 is 1.80 bits per heavy atom. The molecule has 45 heavy (non-hydrogen) atoms. The van der Waals surface area contributed by atoms with Gasteiger partial charge in [0, 0.05) is 0 Å². The molecule has 4 bridgehead atoms. The molecule has 0 amide bonds. The Morgan fingerprint density at radius 1 is 0.822 bits per heavy atom. The molecule has 0 heterocycles. The van der Waals surface area contributed by atoms with Crippen molar-refractivity contribution in [2.75, 3.05) is 0 Å². The van der Waals surface area contributed by atoms with Crippen LogP contribution < -0.4 is 24.8 Å². The molecule has 5 aliphatic carbocycles. The van der Waals surface area contributed by atoms with Crippen LogP contribution in [0.1, 0.15) is 133 Å². The summed E-state index contributed by atoms with van der Waals surface area (Å²) in [4.78, 5) is 0. The SMILES string of the molecule is CC(C)(C)c1c[c-]c2c(c1)-c1cc(C(C)(C)C)ccc1C2.C[C](C)=[Zr+2].Cc1cc(CC23CC4CC(CC(C4)C2)C3)c(C)[cH-]1.[Cl-].[Cl-]. The van der Waals surface area contributed by atoms with Gasteiger partial charge in [0.05, 0.1) is 0 Å². The fourth-order valence-electron chi connectivity index (χ4n) is 8.95. The van der Waals surface area contributed by atoms with Crippen LogP contribution in [0.2, 0.25) is 0 Å². The maximum Gasteiger partial charge on any atom is -0.0363 e. The van der Waals surface area contributed by atoms with Crippen LogP contribution in [0.25, 0.3) is 11.1 Å². The van der Waals surface area contributed by atoms with Gasteiger partial charge in [0.25, 0.3) is 0 Å². The minimum absolute atomic E-state index is 0. The normalized spacial score (nSPS) is 23.8. The Labute approximate surface area is 303 Å². The van der Waals surface area contributed by atoms with E-state index in [9.17, 15) is 0 Å². The third-order valence-corrected chi connectivity index (χ3v) is 10.6. The van der Waals surface area contributed by atoms with Gasteiger partial charge in [-0.2, -0.15) is 52.1 Å². The van der Waals surface area contributed by atoms with Gasteiger partial charge in [0.2, 0.25) is 0 Å². The van der Waals surface area contributed by atoms with Gasteiger partial charge >= 0.3 is 41.3 Å². The predicted molar refractivity (Wildman–Crippen MR) is 183 cm³/mol. The van der Waals surface area contributed by atoms with Crippen LogP contribution in [0.15, 0.2) is 42.5 Å².